The second-order valence-corrected chi connectivity index (χ2v) is 15.9. The van der Waals surface area contributed by atoms with Crippen LogP contribution in [0.2, 0.25) is 18.1 Å². The Morgan fingerprint density at radius 1 is 1.22 bits per heavy atom. The predicted octanol–water partition coefficient (Wildman–Crippen LogP) is 3.55. The fourth-order valence-corrected chi connectivity index (χ4v) is 5.70. The second kappa shape index (κ2) is 11.7. The summed E-state index contributed by atoms with van der Waals surface area (Å²) in [5.74, 6) is -6.16. The van der Waals surface area contributed by atoms with Crippen LogP contribution in [-0.4, -0.2) is 73.4 Å². The van der Waals surface area contributed by atoms with Gasteiger partial charge in [-0.15, -0.1) is 0 Å². The normalized spacial score (nSPS) is 25.6. The molecule has 5 atom stereocenters. The Bertz CT molecular complexity index is 894. The second-order valence-electron chi connectivity index (χ2n) is 11.0. The lowest BCUT2D eigenvalue weighted by molar-refractivity contribution is -0.184. The van der Waals surface area contributed by atoms with Gasteiger partial charge in [0.05, 0.1) is 12.0 Å². The lowest BCUT2D eigenvalue weighted by atomic mass is 9.67. The molecule has 0 aromatic heterocycles. The Morgan fingerprint density at radius 3 is 2.42 bits per heavy atom. The quantitative estimate of drug-likeness (QED) is 0.157. The zero-order valence-electron chi connectivity index (χ0n) is 22.1. The Hall–Kier alpha value is -2.53. The third kappa shape index (κ3) is 6.42. The standard InChI is InChI=1S/C25H39NO9Si/c1-8-13-33-24(32)35-15(2)18-19(26(21(18)28)22(29)23(30)31)17-11-9-10-16(20(17)27)12-14-34-36(6,7)25(3,4)5/h8,15-19H,1,9-14H2,2-7H3,(H,30,31)/t15-,16?,17-,18-,19-/m1/s1. The molecule has 0 aromatic carbocycles. The van der Waals surface area contributed by atoms with Crippen molar-refractivity contribution in [2.24, 2.45) is 17.8 Å². The first-order chi connectivity index (χ1) is 16.6. The molecule has 1 aliphatic carbocycles. The third-order valence-corrected chi connectivity index (χ3v) is 12.2. The molecule has 1 aliphatic heterocycles. The maximum absolute atomic E-state index is 13.5. The van der Waals surface area contributed by atoms with Crippen LogP contribution in [0.25, 0.3) is 0 Å². The van der Waals surface area contributed by atoms with E-state index < -0.39 is 56.2 Å². The topological polar surface area (TPSA) is 137 Å². The molecule has 0 spiro atoms. The summed E-state index contributed by atoms with van der Waals surface area (Å²) >= 11 is 0. The number of likely N-dealkylation sites (tertiary alicyclic amines) is 1. The van der Waals surface area contributed by atoms with Gasteiger partial charge in [-0.3, -0.25) is 19.3 Å². The number of β-lactam (4-membered cyclic amide) rings is 1. The molecule has 202 valence electrons. The van der Waals surface area contributed by atoms with E-state index in [1.807, 2.05) is 0 Å². The molecule has 1 N–H and O–H groups in total. The van der Waals surface area contributed by atoms with Gasteiger partial charge in [0.1, 0.15) is 18.5 Å². The highest BCUT2D eigenvalue weighted by Gasteiger charge is 2.60. The number of Topliss-reactive ketones (excluding diaryl/α,β-unsaturated/α-hetero) is 1. The van der Waals surface area contributed by atoms with Crippen LogP contribution >= 0.6 is 0 Å². The molecule has 1 saturated carbocycles. The van der Waals surface area contributed by atoms with E-state index in [2.05, 4.69) is 40.4 Å². The number of hydrogen-bond acceptors (Lipinski definition) is 8. The number of carbonyl (C=O) groups excluding carboxylic acids is 4. The predicted molar refractivity (Wildman–Crippen MR) is 132 cm³/mol. The van der Waals surface area contributed by atoms with Crippen LogP contribution < -0.4 is 0 Å². The summed E-state index contributed by atoms with van der Waals surface area (Å²) in [5.41, 5.74) is 0. The van der Waals surface area contributed by atoms with Crippen LogP contribution in [0, 0.1) is 17.8 Å². The molecule has 2 rings (SSSR count). The van der Waals surface area contributed by atoms with E-state index in [-0.39, 0.29) is 23.3 Å². The summed E-state index contributed by atoms with van der Waals surface area (Å²) < 4.78 is 16.2. The molecular weight excluding hydrogens is 486 g/mol. The molecular formula is C25H39NO9Si. The van der Waals surface area contributed by atoms with Gasteiger partial charge in [0, 0.05) is 18.4 Å². The van der Waals surface area contributed by atoms with Crippen molar-refractivity contribution >= 4 is 38.0 Å². The largest absolute Gasteiger partial charge is 0.508 e. The van der Waals surface area contributed by atoms with Gasteiger partial charge in [-0.2, -0.15) is 0 Å². The van der Waals surface area contributed by atoms with Gasteiger partial charge in [0.25, 0.3) is 0 Å². The summed E-state index contributed by atoms with van der Waals surface area (Å²) in [6.07, 6.45) is 1.58. The van der Waals surface area contributed by atoms with Gasteiger partial charge in [0.2, 0.25) is 5.91 Å². The molecule has 10 nitrogen and oxygen atoms in total. The maximum atomic E-state index is 13.5. The fraction of sp³-hybridized carbons (Fsp3) is 0.720. The average Bonchev–Trinajstić information content (AvgIpc) is 2.76. The SMILES string of the molecule is C=CCOC(=O)O[C@H](C)[C@H]1C(=O)N(C(=O)C(=O)O)[C@@H]1[C@H]1CCCC(CCO[Si](C)(C)C(C)(C)C)C1=O. The minimum atomic E-state index is -1.99. The number of carbonyl (C=O) groups is 5. The van der Waals surface area contributed by atoms with Crippen molar-refractivity contribution in [3.05, 3.63) is 12.7 Å². The van der Waals surface area contributed by atoms with Gasteiger partial charge < -0.3 is 19.0 Å². The number of amides is 2. The Kier molecular flexibility index (Phi) is 9.63. The Balaban J connectivity index is 2.19. The average molecular weight is 526 g/mol. The van der Waals surface area contributed by atoms with Crippen LogP contribution in [0.1, 0.15) is 53.4 Å². The number of aliphatic carboxylic acids is 1. The number of carboxylic acid groups (broad SMARTS) is 1. The van der Waals surface area contributed by atoms with Crippen molar-refractivity contribution in [1.29, 1.82) is 0 Å². The monoisotopic (exact) mass is 525 g/mol. The highest BCUT2D eigenvalue weighted by molar-refractivity contribution is 6.74. The molecule has 2 fully saturated rings. The van der Waals surface area contributed by atoms with Gasteiger partial charge in [-0.25, -0.2) is 9.59 Å². The van der Waals surface area contributed by atoms with Gasteiger partial charge >= 0.3 is 18.0 Å². The van der Waals surface area contributed by atoms with Crippen molar-refractivity contribution in [3.8, 4) is 0 Å². The number of rotatable bonds is 9. The first-order valence-corrected chi connectivity index (χ1v) is 15.3. The molecule has 36 heavy (non-hydrogen) atoms. The molecule has 1 heterocycles. The minimum absolute atomic E-state index is 0.0340. The fourth-order valence-electron chi connectivity index (χ4n) is 4.64. The number of hydrogen-bond donors (Lipinski definition) is 1. The van der Waals surface area contributed by atoms with E-state index in [1.54, 1.807) is 0 Å². The lowest BCUT2D eigenvalue weighted by Gasteiger charge is -2.51. The number of carboxylic acids is 1. The third-order valence-electron chi connectivity index (χ3n) is 7.68. The molecule has 1 saturated heterocycles. The minimum Gasteiger partial charge on any atom is -0.474 e. The molecule has 11 heteroatoms. The van der Waals surface area contributed by atoms with E-state index in [0.29, 0.717) is 37.2 Å². The lowest BCUT2D eigenvalue weighted by Crippen LogP contribution is -2.71. The molecule has 0 bridgehead atoms. The highest BCUT2D eigenvalue weighted by atomic mass is 28.4. The van der Waals surface area contributed by atoms with Crippen LogP contribution in [0.4, 0.5) is 4.79 Å². The summed E-state index contributed by atoms with van der Waals surface area (Å²) in [7, 11) is -1.99. The van der Waals surface area contributed by atoms with E-state index in [0.717, 1.165) is 0 Å². The summed E-state index contributed by atoms with van der Waals surface area (Å²) in [4.78, 5) is 62.6. The number of imide groups is 1. The van der Waals surface area contributed by atoms with Gasteiger partial charge in [0.15, 0.2) is 8.32 Å². The highest BCUT2D eigenvalue weighted by Crippen LogP contribution is 2.43. The maximum Gasteiger partial charge on any atom is 0.508 e. The Labute approximate surface area is 213 Å². The van der Waals surface area contributed by atoms with Crippen molar-refractivity contribution < 1.29 is 43.0 Å². The first-order valence-electron chi connectivity index (χ1n) is 12.4. The van der Waals surface area contributed by atoms with Crippen LogP contribution in [-0.2, 0) is 33.1 Å². The first kappa shape index (κ1) is 29.7. The molecule has 0 radical (unpaired) electrons. The zero-order chi connectivity index (χ0) is 27.4. The number of nitrogens with zero attached hydrogens (tertiary/aromatic N) is 1. The van der Waals surface area contributed by atoms with Gasteiger partial charge in [-0.1, -0.05) is 39.8 Å². The van der Waals surface area contributed by atoms with E-state index in [1.165, 1.54) is 13.0 Å². The zero-order valence-corrected chi connectivity index (χ0v) is 23.1. The summed E-state index contributed by atoms with van der Waals surface area (Å²) in [5, 5.41) is 9.27. The summed E-state index contributed by atoms with van der Waals surface area (Å²) in [6, 6.07) is -1.00. The van der Waals surface area contributed by atoms with Gasteiger partial charge in [-0.05, 0) is 44.3 Å². The van der Waals surface area contributed by atoms with Crippen molar-refractivity contribution in [2.75, 3.05) is 13.2 Å². The molecule has 2 aliphatic rings. The number of ether oxygens (including phenoxy) is 2. The molecule has 1 unspecified atom stereocenters. The summed E-state index contributed by atoms with van der Waals surface area (Å²) in [6.45, 7) is 15.9. The number of ketones is 1. The molecule has 0 aromatic rings. The van der Waals surface area contributed by atoms with Crippen molar-refractivity contribution in [2.45, 2.75) is 83.7 Å². The molecule has 2 amide bonds. The van der Waals surface area contributed by atoms with Crippen LogP contribution in [0.15, 0.2) is 12.7 Å². The van der Waals surface area contributed by atoms with Crippen molar-refractivity contribution in [1.82, 2.24) is 4.90 Å². The smallest absolute Gasteiger partial charge is 0.474 e. The Morgan fingerprint density at radius 2 is 1.86 bits per heavy atom. The van der Waals surface area contributed by atoms with E-state index in [9.17, 15) is 29.1 Å². The van der Waals surface area contributed by atoms with E-state index in [4.69, 9.17) is 13.9 Å². The van der Waals surface area contributed by atoms with Crippen LogP contribution in [0.5, 0.6) is 0 Å². The van der Waals surface area contributed by atoms with E-state index >= 15 is 0 Å². The van der Waals surface area contributed by atoms with Crippen LogP contribution in [0.3, 0.4) is 0 Å². The van der Waals surface area contributed by atoms with Crippen molar-refractivity contribution in [3.63, 3.8) is 0 Å².